The molecule has 178 valence electrons. The number of nitrogens with two attached hydrogens (primary N) is 1. The molecule has 0 saturated heterocycles. The van der Waals surface area contributed by atoms with Crippen molar-refractivity contribution in [1.82, 2.24) is 10.6 Å². The first-order valence-corrected chi connectivity index (χ1v) is 10.2. The molecule has 0 radical (unpaired) electrons. The molecule has 0 bridgehead atoms. The number of amides is 4. The highest BCUT2D eigenvalue weighted by molar-refractivity contribution is 5.99. The first-order chi connectivity index (χ1) is 15.2. The highest BCUT2D eigenvalue weighted by Crippen LogP contribution is 2.20. The maximum atomic E-state index is 12.6. The fourth-order valence-corrected chi connectivity index (χ4v) is 2.89. The van der Waals surface area contributed by atoms with Crippen molar-refractivity contribution in [3.8, 4) is 0 Å². The molecule has 0 fully saturated rings. The summed E-state index contributed by atoms with van der Waals surface area (Å²) in [5, 5.41) is 8.04. The van der Waals surface area contributed by atoms with Crippen molar-refractivity contribution < 1.29 is 28.3 Å². The highest BCUT2D eigenvalue weighted by atomic mass is 16.6. The first kappa shape index (κ1) is 25.4. The summed E-state index contributed by atoms with van der Waals surface area (Å²) in [5.74, 6) is -2.19. The number of anilines is 1. The second-order valence-corrected chi connectivity index (χ2v) is 8.55. The van der Waals surface area contributed by atoms with E-state index in [1.54, 1.807) is 39.8 Å². The van der Waals surface area contributed by atoms with Crippen LogP contribution in [-0.4, -0.2) is 41.5 Å². The third-order valence-corrected chi connectivity index (χ3v) is 4.38. The highest BCUT2D eigenvalue weighted by Gasteiger charge is 2.28. The van der Waals surface area contributed by atoms with Crippen LogP contribution >= 0.6 is 0 Å². The second kappa shape index (κ2) is 10.2. The van der Waals surface area contributed by atoms with Gasteiger partial charge < -0.3 is 30.8 Å². The molecule has 0 aliphatic rings. The molecule has 5 N–H and O–H groups in total. The molecule has 0 spiro atoms. The van der Waals surface area contributed by atoms with Crippen LogP contribution in [-0.2, 0) is 19.1 Å². The van der Waals surface area contributed by atoms with Gasteiger partial charge in [0.1, 0.15) is 23.3 Å². The maximum Gasteiger partial charge on any atom is 0.408 e. The Kier molecular flexibility index (Phi) is 7.81. The maximum absolute atomic E-state index is 12.6. The van der Waals surface area contributed by atoms with E-state index in [0.717, 1.165) is 10.9 Å². The molecule has 0 aliphatic heterocycles. The van der Waals surface area contributed by atoms with Crippen molar-refractivity contribution in [2.45, 2.75) is 58.7 Å². The third kappa shape index (κ3) is 7.63. The minimum atomic E-state index is -1.33. The fourth-order valence-electron chi connectivity index (χ4n) is 2.89. The van der Waals surface area contributed by atoms with Crippen molar-refractivity contribution in [2.75, 3.05) is 5.32 Å². The number of fused-ring (bicyclic) bond motifs is 1. The molecule has 2 unspecified atom stereocenters. The minimum absolute atomic E-state index is 0.303. The lowest BCUT2D eigenvalue weighted by Crippen LogP contribution is -2.53. The summed E-state index contributed by atoms with van der Waals surface area (Å²) in [5.41, 5.74) is 5.23. The van der Waals surface area contributed by atoms with Gasteiger partial charge in [-0.2, -0.15) is 0 Å². The Morgan fingerprint density at radius 1 is 1.09 bits per heavy atom. The van der Waals surface area contributed by atoms with Crippen LogP contribution in [0.5, 0.6) is 0 Å². The Labute approximate surface area is 190 Å². The summed E-state index contributed by atoms with van der Waals surface area (Å²) < 4.78 is 10.2. The number of alkyl carbamates (subject to hydrolysis) is 1. The first-order valence-electron chi connectivity index (χ1n) is 10.2. The Morgan fingerprint density at radius 2 is 1.76 bits per heavy atom. The van der Waals surface area contributed by atoms with Gasteiger partial charge in [-0.15, -0.1) is 0 Å². The van der Waals surface area contributed by atoms with Gasteiger partial charge in [-0.3, -0.25) is 14.4 Å². The largest absolute Gasteiger partial charge is 0.444 e. The summed E-state index contributed by atoms with van der Waals surface area (Å²) in [4.78, 5) is 60.0. The van der Waals surface area contributed by atoms with Gasteiger partial charge in [0.05, 0.1) is 6.42 Å². The number of ether oxygens (including phenoxy) is 1. The Balaban J connectivity index is 2.07. The lowest BCUT2D eigenvalue weighted by molar-refractivity contribution is -0.129. The van der Waals surface area contributed by atoms with Gasteiger partial charge in [0, 0.05) is 23.2 Å². The van der Waals surface area contributed by atoms with Crippen molar-refractivity contribution in [2.24, 2.45) is 5.73 Å². The molecule has 1 aromatic heterocycles. The molecule has 2 atom stereocenters. The van der Waals surface area contributed by atoms with Crippen LogP contribution in [0.3, 0.4) is 0 Å². The number of aryl methyl sites for hydroxylation is 1. The number of carbonyl (C=O) groups excluding carboxylic acids is 4. The zero-order chi connectivity index (χ0) is 24.9. The van der Waals surface area contributed by atoms with Gasteiger partial charge in [-0.1, -0.05) is 0 Å². The van der Waals surface area contributed by atoms with Crippen LogP contribution in [0.2, 0.25) is 0 Å². The van der Waals surface area contributed by atoms with E-state index in [1.165, 1.54) is 19.1 Å². The van der Waals surface area contributed by atoms with Gasteiger partial charge in [-0.25, -0.2) is 9.59 Å². The topological polar surface area (TPSA) is 170 Å². The SMILES string of the molecule is Cc1cc(=O)oc2cc(NC(=O)C(C)NC(=O)C(CC(N)=O)NC(=O)OC(C)(C)C)ccc12. The number of primary amides is 1. The van der Waals surface area contributed by atoms with E-state index >= 15 is 0 Å². The lowest BCUT2D eigenvalue weighted by Gasteiger charge is -2.23. The normalized spacial score (nSPS) is 13.0. The molecule has 0 saturated carbocycles. The summed E-state index contributed by atoms with van der Waals surface area (Å²) in [7, 11) is 0. The van der Waals surface area contributed by atoms with Crippen LogP contribution in [0.4, 0.5) is 10.5 Å². The number of rotatable bonds is 7. The zero-order valence-electron chi connectivity index (χ0n) is 19.1. The summed E-state index contributed by atoms with van der Waals surface area (Å²) in [6.07, 6.45) is -1.39. The summed E-state index contributed by atoms with van der Waals surface area (Å²) in [6, 6.07) is 3.82. The molecular formula is C22H28N4O7. The van der Waals surface area contributed by atoms with E-state index < -0.39 is 53.5 Å². The molecule has 0 aliphatic carbocycles. The average Bonchev–Trinajstić information content (AvgIpc) is 2.64. The third-order valence-electron chi connectivity index (χ3n) is 4.38. The van der Waals surface area contributed by atoms with Crippen molar-refractivity contribution >= 4 is 40.5 Å². The van der Waals surface area contributed by atoms with E-state index in [2.05, 4.69) is 16.0 Å². The number of nitrogens with one attached hydrogen (secondary N) is 3. The molecule has 33 heavy (non-hydrogen) atoms. The fraction of sp³-hybridized carbons (Fsp3) is 0.409. The van der Waals surface area contributed by atoms with Crippen molar-refractivity contribution in [1.29, 1.82) is 0 Å². The van der Waals surface area contributed by atoms with Gasteiger partial charge in [0.15, 0.2) is 0 Å². The number of hydrogen-bond acceptors (Lipinski definition) is 7. The van der Waals surface area contributed by atoms with E-state index in [4.69, 9.17) is 14.9 Å². The molecule has 2 aromatic rings. The monoisotopic (exact) mass is 460 g/mol. The van der Waals surface area contributed by atoms with Crippen LogP contribution < -0.4 is 27.3 Å². The summed E-state index contributed by atoms with van der Waals surface area (Å²) >= 11 is 0. The number of carbonyl (C=O) groups is 4. The quantitative estimate of drug-likeness (QED) is 0.451. The number of hydrogen-bond donors (Lipinski definition) is 4. The standard InChI is InChI=1S/C22H28N4O7/c1-11-8-18(28)32-16-9-13(6-7-14(11)16)25-19(29)12(2)24-20(30)15(10-17(23)27)26-21(31)33-22(3,4)5/h6-9,12,15H,10H2,1-5H3,(H2,23,27)(H,24,30)(H,25,29)(H,26,31). The average molecular weight is 460 g/mol. The molecule has 11 heteroatoms. The smallest absolute Gasteiger partial charge is 0.408 e. The zero-order valence-corrected chi connectivity index (χ0v) is 19.1. The van der Waals surface area contributed by atoms with Crippen LogP contribution in [0.1, 0.15) is 39.7 Å². The Hall–Kier alpha value is -3.89. The molecule has 1 aromatic carbocycles. The van der Waals surface area contributed by atoms with E-state index in [-0.39, 0.29) is 0 Å². The lowest BCUT2D eigenvalue weighted by atomic mass is 10.1. The van der Waals surface area contributed by atoms with E-state index in [1.807, 2.05) is 0 Å². The Bertz CT molecular complexity index is 1130. The molecular weight excluding hydrogens is 432 g/mol. The Morgan fingerprint density at radius 3 is 2.36 bits per heavy atom. The van der Waals surface area contributed by atoms with E-state index in [9.17, 15) is 24.0 Å². The van der Waals surface area contributed by atoms with Gasteiger partial charge in [-0.05, 0) is 52.3 Å². The summed E-state index contributed by atoms with van der Waals surface area (Å²) in [6.45, 7) is 8.11. The minimum Gasteiger partial charge on any atom is -0.444 e. The van der Waals surface area contributed by atoms with E-state index in [0.29, 0.717) is 11.3 Å². The van der Waals surface area contributed by atoms with Crippen LogP contribution in [0.15, 0.2) is 33.5 Å². The van der Waals surface area contributed by atoms with Gasteiger partial charge >= 0.3 is 11.7 Å². The molecule has 1 heterocycles. The number of benzene rings is 1. The predicted octanol–water partition coefficient (Wildman–Crippen LogP) is 1.31. The van der Waals surface area contributed by atoms with Crippen LogP contribution in [0, 0.1) is 6.92 Å². The molecule has 2 rings (SSSR count). The van der Waals surface area contributed by atoms with Gasteiger partial charge in [0.2, 0.25) is 17.7 Å². The van der Waals surface area contributed by atoms with Crippen molar-refractivity contribution in [3.05, 3.63) is 40.2 Å². The molecule has 4 amide bonds. The van der Waals surface area contributed by atoms with Crippen molar-refractivity contribution in [3.63, 3.8) is 0 Å². The van der Waals surface area contributed by atoms with Gasteiger partial charge in [0.25, 0.3) is 0 Å². The predicted molar refractivity (Wildman–Crippen MR) is 120 cm³/mol. The molecule has 11 nitrogen and oxygen atoms in total. The second-order valence-electron chi connectivity index (χ2n) is 8.55. The van der Waals surface area contributed by atoms with Crippen LogP contribution in [0.25, 0.3) is 11.0 Å².